The fourth-order valence-electron chi connectivity index (χ4n) is 2.66. The van der Waals surface area contributed by atoms with Crippen molar-refractivity contribution in [3.63, 3.8) is 0 Å². The zero-order valence-electron chi connectivity index (χ0n) is 11.6. The van der Waals surface area contributed by atoms with Crippen LogP contribution in [0.1, 0.15) is 26.7 Å². The Morgan fingerprint density at radius 2 is 2.00 bits per heavy atom. The Kier molecular flexibility index (Phi) is 3.56. The van der Waals surface area contributed by atoms with Crippen LogP contribution >= 0.6 is 11.6 Å². The van der Waals surface area contributed by atoms with Gasteiger partial charge in [-0.2, -0.15) is 15.0 Å². The maximum Gasteiger partial charge on any atom is 0.241 e. The maximum absolute atomic E-state index is 6.04. The number of hydrogen-bond acceptors (Lipinski definition) is 5. The standard InChI is InChI=1S/C13H17ClN6/c1-9-3-5-20(10(2)7-9)13-17-11(14)16-12(18-13)19-6-4-15-8-19/h4,6,8-10H,3,5,7H2,1-2H3. The van der Waals surface area contributed by atoms with Gasteiger partial charge in [0.15, 0.2) is 0 Å². The Morgan fingerprint density at radius 1 is 1.20 bits per heavy atom. The molecule has 0 bridgehead atoms. The molecule has 0 aliphatic carbocycles. The molecule has 0 spiro atoms. The first-order chi connectivity index (χ1) is 9.63. The van der Waals surface area contributed by atoms with E-state index < -0.39 is 0 Å². The normalized spacial score (nSPS) is 23.1. The second-order valence-corrected chi connectivity index (χ2v) is 5.68. The fraction of sp³-hybridized carbons (Fsp3) is 0.538. The van der Waals surface area contributed by atoms with Crippen LogP contribution in [0, 0.1) is 5.92 Å². The summed E-state index contributed by atoms with van der Waals surface area (Å²) in [7, 11) is 0. The van der Waals surface area contributed by atoms with Crippen molar-refractivity contribution in [1.29, 1.82) is 0 Å². The third-order valence-corrected chi connectivity index (χ3v) is 3.88. The minimum absolute atomic E-state index is 0.213. The summed E-state index contributed by atoms with van der Waals surface area (Å²) in [6, 6.07) is 0.410. The number of piperidine rings is 1. The molecule has 2 atom stereocenters. The first kappa shape index (κ1) is 13.3. The molecule has 6 nitrogen and oxygen atoms in total. The molecule has 0 saturated carbocycles. The summed E-state index contributed by atoms with van der Waals surface area (Å²) in [4.78, 5) is 19.1. The Labute approximate surface area is 122 Å². The Morgan fingerprint density at radius 3 is 2.70 bits per heavy atom. The second kappa shape index (κ2) is 5.36. The van der Waals surface area contributed by atoms with Crippen molar-refractivity contribution in [3.8, 4) is 5.95 Å². The molecule has 2 aromatic heterocycles. The third-order valence-electron chi connectivity index (χ3n) is 3.72. The van der Waals surface area contributed by atoms with Gasteiger partial charge in [0.2, 0.25) is 17.2 Å². The molecule has 2 aromatic rings. The number of imidazole rings is 1. The monoisotopic (exact) mass is 292 g/mol. The van der Waals surface area contributed by atoms with E-state index in [9.17, 15) is 0 Å². The quantitative estimate of drug-likeness (QED) is 0.850. The molecular weight excluding hydrogens is 276 g/mol. The second-order valence-electron chi connectivity index (χ2n) is 5.35. The largest absolute Gasteiger partial charge is 0.338 e. The van der Waals surface area contributed by atoms with Crippen molar-refractivity contribution in [3.05, 3.63) is 24.0 Å². The van der Waals surface area contributed by atoms with Crippen LogP contribution in [0.25, 0.3) is 5.95 Å². The minimum Gasteiger partial charge on any atom is -0.338 e. The van der Waals surface area contributed by atoms with Gasteiger partial charge in [-0.3, -0.25) is 4.57 Å². The maximum atomic E-state index is 6.04. The summed E-state index contributed by atoms with van der Waals surface area (Å²) in [5.41, 5.74) is 0. The summed E-state index contributed by atoms with van der Waals surface area (Å²) < 4.78 is 1.73. The molecule has 0 aromatic carbocycles. The number of rotatable bonds is 2. The smallest absolute Gasteiger partial charge is 0.241 e. The van der Waals surface area contributed by atoms with Crippen molar-refractivity contribution in [2.45, 2.75) is 32.7 Å². The van der Waals surface area contributed by atoms with Crippen LogP contribution in [0.3, 0.4) is 0 Å². The Bertz CT molecular complexity index is 585. The highest BCUT2D eigenvalue weighted by molar-refractivity contribution is 6.28. The average molecular weight is 293 g/mol. The zero-order chi connectivity index (χ0) is 14.1. The van der Waals surface area contributed by atoms with Gasteiger partial charge in [0, 0.05) is 25.0 Å². The van der Waals surface area contributed by atoms with Crippen molar-refractivity contribution in [1.82, 2.24) is 24.5 Å². The molecule has 3 heterocycles. The average Bonchev–Trinajstić information content (AvgIpc) is 2.91. The van der Waals surface area contributed by atoms with Crippen LogP contribution in [0.5, 0.6) is 0 Å². The van der Waals surface area contributed by atoms with Gasteiger partial charge in [-0.15, -0.1) is 0 Å². The molecule has 0 N–H and O–H groups in total. The molecule has 7 heteroatoms. The van der Waals surface area contributed by atoms with Gasteiger partial charge in [0.25, 0.3) is 0 Å². The molecule has 1 fully saturated rings. The molecular formula is C13H17ClN6. The van der Waals surface area contributed by atoms with E-state index >= 15 is 0 Å². The first-order valence-electron chi connectivity index (χ1n) is 6.80. The van der Waals surface area contributed by atoms with Gasteiger partial charge in [-0.05, 0) is 37.3 Å². The highest BCUT2D eigenvalue weighted by Gasteiger charge is 2.25. The molecule has 20 heavy (non-hydrogen) atoms. The lowest BCUT2D eigenvalue weighted by Gasteiger charge is -2.36. The minimum atomic E-state index is 0.213. The third kappa shape index (κ3) is 2.60. The van der Waals surface area contributed by atoms with E-state index in [0.717, 1.165) is 25.3 Å². The van der Waals surface area contributed by atoms with Crippen LogP contribution in [0.2, 0.25) is 5.28 Å². The lowest BCUT2D eigenvalue weighted by molar-refractivity contribution is 0.373. The number of aromatic nitrogens is 5. The lowest BCUT2D eigenvalue weighted by atomic mass is 9.94. The first-order valence-corrected chi connectivity index (χ1v) is 7.18. The molecule has 2 unspecified atom stereocenters. The predicted molar refractivity (Wildman–Crippen MR) is 77.2 cm³/mol. The molecule has 1 saturated heterocycles. The number of nitrogens with zero attached hydrogens (tertiary/aromatic N) is 6. The van der Waals surface area contributed by atoms with Gasteiger partial charge in [0.1, 0.15) is 6.33 Å². The summed E-state index contributed by atoms with van der Waals surface area (Å²) in [5.74, 6) is 1.89. The van der Waals surface area contributed by atoms with Crippen molar-refractivity contribution in [2.75, 3.05) is 11.4 Å². The van der Waals surface area contributed by atoms with E-state index in [0.29, 0.717) is 17.9 Å². The summed E-state index contributed by atoms with van der Waals surface area (Å²) in [6.07, 6.45) is 7.41. The summed E-state index contributed by atoms with van der Waals surface area (Å²) in [6.45, 7) is 5.43. The van der Waals surface area contributed by atoms with E-state index in [2.05, 4.69) is 38.7 Å². The van der Waals surface area contributed by atoms with Crippen LogP contribution in [-0.4, -0.2) is 37.1 Å². The van der Waals surface area contributed by atoms with Crippen molar-refractivity contribution in [2.24, 2.45) is 5.92 Å². The van der Waals surface area contributed by atoms with Crippen LogP contribution in [0.15, 0.2) is 18.7 Å². The highest BCUT2D eigenvalue weighted by atomic mass is 35.5. The molecule has 3 rings (SSSR count). The summed E-state index contributed by atoms with van der Waals surface area (Å²) >= 11 is 6.04. The van der Waals surface area contributed by atoms with E-state index in [1.54, 1.807) is 23.3 Å². The van der Waals surface area contributed by atoms with Gasteiger partial charge in [0.05, 0.1) is 0 Å². The number of halogens is 1. The van der Waals surface area contributed by atoms with Crippen LogP contribution < -0.4 is 4.90 Å². The molecule has 106 valence electrons. The molecule has 0 radical (unpaired) electrons. The van der Waals surface area contributed by atoms with Crippen LogP contribution in [-0.2, 0) is 0 Å². The van der Waals surface area contributed by atoms with E-state index in [4.69, 9.17) is 11.6 Å². The Balaban J connectivity index is 1.94. The number of hydrogen-bond donors (Lipinski definition) is 0. The zero-order valence-corrected chi connectivity index (χ0v) is 12.3. The van der Waals surface area contributed by atoms with Gasteiger partial charge in [-0.1, -0.05) is 6.92 Å². The van der Waals surface area contributed by atoms with Gasteiger partial charge in [-0.25, -0.2) is 4.98 Å². The lowest BCUT2D eigenvalue weighted by Crippen LogP contribution is -2.41. The van der Waals surface area contributed by atoms with Crippen molar-refractivity contribution >= 4 is 17.5 Å². The van der Waals surface area contributed by atoms with Gasteiger partial charge >= 0.3 is 0 Å². The molecule has 1 aliphatic rings. The number of anilines is 1. The van der Waals surface area contributed by atoms with E-state index in [1.807, 2.05) is 0 Å². The summed E-state index contributed by atoms with van der Waals surface area (Å²) in [5, 5.41) is 0.213. The van der Waals surface area contributed by atoms with E-state index in [-0.39, 0.29) is 5.28 Å². The SMILES string of the molecule is CC1CCN(c2nc(Cl)nc(-n3ccnc3)n2)C(C)C1. The molecule has 1 aliphatic heterocycles. The van der Waals surface area contributed by atoms with Gasteiger partial charge < -0.3 is 4.90 Å². The topological polar surface area (TPSA) is 59.7 Å². The van der Waals surface area contributed by atoms with E-state index in [1.165, 1.54) is 0 Å². The fourth-order valence-corrected chi connectivity index (χ4v) is 2.81. The van der Waals surface area contributed by atoms with Crippen LogP contribution in [0.4, 0.5) is 5.95 Å². The molecule has 0 amide bonds. The Hall–Kier alpha value is -1.69. The van der Waals surface area contributed by atoms with Crippen molar-refractivity contribution < 1.29 is 0 Å². The predicted octanol–water partition coefficient (Wildman–Crippen LogP) is 2.34. The highest BCUT2D eigenvalue weighted by Crippen LogP contribution is 2.26.